The Bertz CT molecular complexity index is 3300. The molecule has 0 spiro atoms. The van der Waals surface area contributed by atoms with E-state index in [2.05, 4.69) is 240 Å². The number of oxazole rings is 1. The third-order valence-corrected chi connectivity index (χ3v) is 12.3. The number of hydrogen-bond donors (Lipinski definition) is 0. The van der Waals surface area contributed by atoms with E-state index in [1.54, 1.807) is 0 Å². The van der Waals surface area contributed by atoms with Crippen LogP contribution in [-0.2, 0) is 0 Å². The van der Waals surface area contributed by atoms with Crippen molar-refractivity contribution in [2.24, 2.45) is 0 Å². The van der Waals surface area contributed by atoms with E-state index in [0.29, 0.717) is 5.89 Å². The zero-order valence-electron chi connectivity index (χ0n) is 33.8. The summed E-state index contributed by atoms with van der Waals surface area (Å²) in [5.74, 6) is 0.721. The number of rotatable bonds is 8. The van der Waals surface area contributed by atoms with Crippen LogP contribution in [0.3, 0.4) is 0 Å². The number of nitrogens with zero attached hydrogens (tertiary/aromatic N) is 3. The highest BCUT2D eigenvalue weighted by Crippen LogP contribution is 2.54. The minimum Gasteiger partial charge on any atom is -0.435 e. The van der Waals surface area contributed by atoms with E-state index in [9.17, 15) is 0 Å². The number of para-hydroxylation sites is 2. The van der Waals surface area contributed by atoms with Crippen molar-refractivity contribution < 1.29 is 4.42 Å². The van der Waals surface area contributed by atoms with Gasteiger partial charge in [-0.15, -0.1) is 0 Å². The number of aromatic nitrogens is 1. The molecular formula is C58H39N3O. The average Bonchev–Trinajstić information content (AvgIpc) is 3.95. The van der Waals surface area contributed by atoms with Crippen molar-refractivity contribution in [2.45, 2.75) is 5.92 Å². The van der Waals surface area contributed by atoms with Gasteiger partial charge in [0.1, 0.15) is 5.52 Å². The van der Waals surface area contributed by atoms with Gasteiger partial charge in [-0.1, -0.05) is 158 Å². The van der Waals surface area contributed by atoms with Gasteiger partial charge in [-0.25, -0.2) is 4.98 Å². The van der Waals surface area contributed by atoms with Crippen LogP contribution in [0.4, 0.5) is 34.1 Å². The van der Waals surface area contributed by atoms with Crippen molar-refractivity contribution in [1.82, 2.24) is 4.98 Å². The van der Waals surface area contributed by atoms with Crippen LogP contribution in [0.15, 0.2) is 235 Å². The van der Waals surface area contributed by atoms with Gasteiger partial charge < -0.3 is 14.2 Å². The van der Waals surface area contributed by atoms with Crippen LogP contribution in [0.2, 0.25) is 0 Å². The second-order valence-corrected chi connectivity index (χ2v) is 15.9. The van der Waals surface area contributed by atoms with Gasteiger partial charge in [-0.2, -0.15) is 0 Å². The Hall–Kier alpha value is -8.21. The summed E-state index contributed by atoms with van der Waals surface area (Å²) < 4.78 is 6.69. The maximum Gasteiger partial charge on any atom is 0.227 e. The number of benzene rings is 10. The Morgan fingerprint density at radius 2 is 0.903 bits per heavy atom. The van der Waals surface area contributed by atoms with Crippen LogP contribution in [0.1, 0.15) is 22.6 Å². The van der Waals surface area contributed by atoms with Crippen molar-refractivity contribution in [3.05, 3.63) is 247 Å². The molecule has 0 bridgehead atoms. The summed E-state index contributed by atoms with van der Waals surface area (Å²) in [6.07, 6.45) is 0. The zero-order valence-corrected chi connectivity index (χ0v) is 33.8. The molecule has 0 amide bonds. The Labute approximate surface area is 360 Å². The molecule has 1 aliphatic rings. The summed E-state index contributed by atoms with van der Waals surface area (Å²) in [6.45, 7) is 0. The Morgan fingerprint density at radius 1 is 0.387 bits per heavy atom. The Balaban J connectivity index is 1.04. The SMILES string of the molecule is c1ccc(C2c3ccccc3-c3c2cccc3N(c2ccc(-c3nc4c5ccccc5c5ccccc5c4o3)cc2)c2cccc(N(c3ccccc3)c3ccccc3)c2)cc1. The molecule has 12 rings (SSSR count). The second-order valence-electron chi connectivity index (χ2n) is 15.9. The molecule has 0 aliphatic heterocycles. The van der Waals surface area contributed by atoms with Crippen LogP contribution in [0, 0.1) is 0 Å². The molecule has 11 aromatic rings. The minimum atomic E-state index is 0.121. The smallest absolute Gasteiger partial charge is 0.227 e. The van der Waals surface area contributed by atoms with Crippen LogP contribution in [-0.4, -0.2) is 4.98 Å². The second kappa shape index (κ2) is 14.8. The predicted octanol–water partition coefficient (Wildman–Crippen LogP) is 15.9. The largest absolute Gasteiger partial charge is 0.435 e. The van der Waals surface area contributed by atoms with Gasteiger partial charge >= 0.3 is 0 Å². The van der Waals surface area contributed by atoms with Crippen molar-refractivity contribution in [2.75, 3.05) is 9.80 Å². The van der Waals surface area contributed by atoms with Gasteiger partial charge in [0.05, 0.1) is 5.69 Å². The van der Waals surface area contributed by atoms with Crippen molar-refractivity contribution in [1.29, 1.82) is 0 Å². The lowest BCUT2D eigenvalue weighted by Gasteiger charge is -2.30. The summed E-state index contributed by atoms with van der Waals surface area (Å²) >= 11 is 0. The number of hydrogen-bond acceptors (Lipinski definition) is 4. The molecule has 62 heavy (non-hydrogen) atoms. The molecule has 0 saturated heterocycles. The van der Waals surface area contributed by atoms with Gasteiger partial charge in [-0.05, 0) is 106 Å². The molecule has 1 aromatic heterocycles. The monoisotopic (exact) mass is 793 g/mol. The van der Waals surface area contributed by atoms with Crippen LogP contribution < -0.4 is 9.80 Å². The van der Waals surface area contributed by atoms with Gasteiger partial charge in [0, 0.05) is 56.3 Å². The molecule has 0 N–H and O–H groups in total. The summed E-state index contributed by atoms with van der Waals surface area (Å²) in [5.41, 5.74) is 15.4. The average molecular weight is 794 g/mol. The summed E-state index contributed by atoms with van der Waals surface area (Å²) in [4.78, 5) is 9.90. The van der Waals surface area contributed by atoms with Gasteiger partial charge in [-0.3, -0.25) is 0 Å². The first-order valence-corrected chi connectivity index (χ1v) is 21.2. The molecule has 0 saturated carbocycles. The van der Waals surface area contributed by atoms with Crippen LogP contribution >= 0.6 is 0 Å². The van der Waals surface area contributed by atoms with E-state index in [1.807, 2.05) is 0 Å². The lowest BCUT2D eigenvalue weighted by Crippen LogP contribution is -2.14. The number of anilines is 6. The maximum absolute atomic E-state index is 6.69. The highest BCUT2D eigenvalue weighted by molar-refractivity contribution is 6.22. The fourth-order valence-corrected chi connectivity index (χ4v) is 9.63. The highest BCUT2D eigenvalue weighted by atomic mass is 16.3. The Morgan fingerprint density at radius 3 is 1.61 bits per heavy atom. The first-order chi connectivity index (χ1) is 30.8. The van der Waals surface area contributed by atoms with Crippen molar-refractivity contribution in [3.8, 4) is 22.6 Å². The standard InChI is InChI=1S/C58H39N3O/c1-4-18-39(19-5-1)54-48-28-12-13-29-49(48)55-52(54)32-17-33-53(55)61(45-25-16-24-44(38-45)60(41-20-6-2-7-21-41)42-22-8-3-9-23-42)43-36-34-40(35-37-43)58-59-56-50-30-14-10-26-46(50)47-27-11-15-31-51(47)57(56)62-58/h1-38,54H. The third kappa shape index (κ3) is 5.88. The highest BCUT2D eigenvalue weighted by Gasteiger charge is 2.33. The fourth-order valence-electron chi connectivity index (χ4n) is 9.63. The fraction of sp³-hybridized carbons (Fsp3) is 0.0172. The van der Waals surface area contributed by atoms with E-state index in [4.69, 9.17) is 9.40 Å². The molecule has 292 valence electrons. The van der Waals surface area contributed by atoms with Gasteiger partial charge in [0.15, 0.2) is 5.58 Å². The van der Waals surface area contributed by atoms with E-state index in [0.717, 1.165) is 66.9 Å². The molecular weight excluding hydrogens is 755 g/mol. The molecule has 0 radical (unpaired) electrons. The summed E-state index contributed by atoms with van der Waals surface area (Å²) in [5, 5.41) is 4.49. The third-order valence-electron chi connectivity index (χ3n) is 12.3. The normalized spacial score (nSPS) is 13.0. The van der Waals surface area contributed by atoms with E-state index >= 15 is 0 Å². The topological polar surface area (TPSA) is 32.5 Å². The molecule has 0 fully saturated rings. The van der Waals surface area contributed by atoms with E-state index < -0.39 is 0 Å². The molecule has 1 atom stereocenters. The minimum absolute atomic E-state index is 0.121. The van der Waals surface area contributed by atoms with E-state index in [-0.39, 0.29) is 5.92 Å². The van der Waals surface area contributed by atoms with Crippen LogP contribution in [0.5, 0.6) is 0 Å². The number of fused-ring (bicyclic) bond motifs is 9. The molecule has 1 heterocycles. The quantitative estimate of drug-likeness (QED) is 0.143. The predicted molar refractivity (Wildman–Crippen MR) is 257 cm³/mol. The first kappa shape index (κ1) is 35.7. The van der Waals surface area contributed by atoms with E-state index in [1.165, 1.54) is 33.2 Å². The first-order valence-electron chi connectivity index (χ1n) is 21.2. The van der Waals surface area contributed by atoms with Gasteiger partial charge in [0.25, 0.3) is 0 Å². The summed E-state index contributed by atoms with van der Waals surface area (Å²) in [6, 6.07) is 82.3. The zero-order chi connectivity index (χ0) is 41.0. The molecule has 4 heteroatoms. The van der Waals surface area contributed by atoms with Crippen molar-refractivity contribution in [3.63, 3.8) is 0 Å². The van der Waals surface area contributed by atoms with Crippen molar-refractivity contribution >= 4 is 66.8 Å². The maximum atomic E-state index is 6.69. The molecule has 10 aromatic carbocycles. The molecule has 1 unspecified atom stereocenters. The molecule has 1 aliphatic carbocycles. The lowest BCUT2D eigenvalue weighted by atomic mass is 9.89. The summed E-state index contributed by atoms with van der Waals surface area (Å²) in [7, 11) is 0. The van der Waals surface area contributed by atoms with Crippen LogP contribution in [0.25, 0.3) is 55.2 Å². The molecule has 4 nitrogen and oxygen atoms in total. The lowest BCUT2D eigenvalue weighted by molar-refractivity contribution is 0.623. The van der Waals surface area contributed by atoms with Gasteiger partial charge in [0.2, 0.25) is 5.89 Å². The Kier molecular flexibility index (Phi) is 8.53.